The molecule has 1 atom stereocenters. The molecule has 1 aliphatic rings. The first-order valence-corrected chi connectivity index (χ1v) is 7.65. The number of carbonyl (C=O) groups is 1. The molecule has 0 bridgehead atoms. The molecule has 3 rings (SSSR count). The maximum Gasteiger partial charge on any atom is 0.418 e. The molecule has 2 aromatic carbocycles. The SMILES string of the molecule is CCC[C@]1(c2ccccc2)ON(c2ccccc2C(F)(F)F)C1=O. The van der Waals surface area contributed by atoms with Crippen molar-refractivity contribution >= 4 is 11.6 Å². The van der Waals surface area contributed by atoms with Crippen molar-refractivity contribution in [1.82, 2.24) is 0 Å². The van der Waals surface area contributed by atoms with Crippen LogP contribution in [0.3, 0.4) is 0 Å². The summed E-state index contributed by atoms with van der Waals surface area (Å²) >= 11 is 0. The van der Waals surface area contributed by atoms with Crippen LogP contribution in [0.4, 0.5) is 18.9 Å². The van der Waals surface area contributed by atoms with Crippen molar-refractivity contribution < 1.29 is 22.8 Å². The number of halogens is 3. The number of hydrogen-bond acceptors (Lipinski definition) is 2. The van der Waals surface area contributed by atoms with Crippen LogP contribution in [0.2, 0.25) is 0 Å². The quantitative estimate of drug-likeness (QED) is 0.812. The van der Waals surface area contributed by atoms with Gasteiger partial charge in [0.05, 0.1) is 11.3 Å². The molecule has 0 unspecified atom stereocenters. The minimum Gasteiger partial charge on any atom is -0.268 e. The third-order valence-corrected chi connectivity index (χ3v) is 4.05. The Labute approximate surface area is 137 Å². The minimum atomic E-state index is -4.56. The van der Waals surface area contributed by atoms with E-state index in [1.54, 1.807) is 24.3 Å². The van der Waals surface area contributed by atoms with Gasteiger partial charge in [-0.2, -0.15) is 18.2 Å². The molecule has 3 nitrogen and oxygen atoms in total. The Morgan fingerprint density at radius 2 is 1.67 bits per heavy atom. The van der Waals surface area contributed by atoms with Gasteiger partial charge in [-0.1, -0.05) is 55.8 Å². The second-order valence-corrected chi connectivity index (χ2v) is 5.65. The zero-order valence-electron chi connectivity index (χ0n) is 13.0. The summed E-state index contributed by atoms with van der Waals surface area (Å²) in [6.45, 7) is 1.90. The van der Waals surface area contributed by atoms with Gasteiger partial charge in [-0.15, -0.1) is 0 Å². The number of anilines is 1. The largest absolute Gasteiger partial charge is 0.418 e. The average molecular weight is 335 g/mol. The normalized spacial score (nSPS) is 20.8. The third kappa shape index (κ3) is 2.57. The van der Waals surface area contributed by atoms with Crippen LogP contribution >= 0.6 is 0 Å². The van der Waals surface area contributed by atoms with Gasteiger partial charge in [-0.05, 0) is 24.1 Å². The fourth-order valence-electron chi connectivity index (χ4n) is 2.94. The summed E-state index contributed by atoms with van der Waals surface area (Å²) in [6.07, 6.45) is -3.49. The zero-order valence-corrected chi connectivity index (χ0v) is 13.0. The van der Waals surface area contributed by atoms with E-state index in [0.29, 0.717) is 18.4 Å². The summed E-state index contributed by atoms with van der Waals surface area (Å²) in [5.41, 5.74) is -1.74. The van der Waals surface area contributed by atoms with Gasteiger partial charge in [-0.3, -0.25) is 4.79 Å². The first kappa shape index (κ1) is 16.5. The number of para-hydroxylation sites is 1. The monoisotopic (exact) mass is 335 g/mol. The van der Waals surface area contributed by atoms with Gasteiger partial charge >= 0.3 is 6.18 Å². The van der Waals surface area contributed by atoms with Crippen LogP contribution in [-0.2, 0) is 21.4 Å². The molecule has 0 radical (unpaired) electrons. The van der Waals surface area contributed by atoms with Crippen molar-refractivity contribution in [3.8, 4) is 0 Å². The molecule has 1 saturated heterocycles. The predicted molar refractivity (Wildman–Crippen MR) is 83.0 cm³/mol. The lowest BCUT2D eigenvalue weighted by molar-refractivity contribution is -0.193. The minimum absolute atomic E-state index is 0.280. The molecule has 126 valence electrons. The van der Waals surface area contributed by atoms with Crippen LogP contribution in [-0.4, -0.2) is 5.91 Å². The Balaban J connectivity index is 1.98. The Hall–Kier alpha value is -2.34. The molecule has 2 aromatic rings. The fraction of sp³-hybridized carbons (Fsp3) is 0.278. The number of nitrogens with zero attached hydrogens (tertiary/aromatic N) is 1. The van der Waals surface area contributed by atoms with Gasteiger partial charge in [0.25, 0.3) is 5.91 Å². The van der Waals surface area contributed by atoms with E-state index in [1.807, 2.05) is 13.0 Å². The van der Waals surface area contributed by atoms with Gasteiger partial charge in [0.15, 0.2) is 0 Å². The van der Waals surface area contributed by atoms with E-state index >= 15 is 0 Å². The maximum atomic E-state index is 13.2. The van der Waals surface area contributed by atoms with E-state index in [4.69, 9.17) is 4.84 Å². The Morgan fingerprint density at radius 1 is 1.04 bits per heavy atom. The molecule has 0 N–H and O–H groups in total. The number of hydroxylamine groups is 1. The smallest absolute Gasteiger partial charge is 0.268 e. The summed E-state index contributed by atoms with van der Waals surface area (Å²) in [7, 11) is 0. The summed E-state index contributed by atoms with van der Waals surface area (Å²) in [5, 5.41) is 0.755. The number of rotatable bonds is 4. The number of amides is 1. The van der Waals surface area contributed by atoms with E-state index in [2.05, 4.69) is 0 Å². The van der Waals surface area contributed by atoms with E-state index in [-0.39, 0.29) is 5.69 Å². The van der Waals surface area contributed by atoms with Crippen LogP contribution in [0.25, 0.3) is 0 Å². The number of alkyl halides is 3. The first-order valence-electron chi connectivity index (χ1n) is 7.65. The van der Waals surface area contributed by atoms with Crippen LogP contribution in [0.15, 0.2) is 54.6 Å². The lowest BCUT2D eigenvalue weighted by Gasteiger charge is -2.48. The van der Waals surface area contributed by atoms with E-state index in [9.17, 15) is 18.0 Å². The highest BCUT2D eigenvalue weighted by Crippen LogP contribution is 2.47. The Morgan fingerprint density at radius 3 is 2.25 bits per heavy atom. The predicted octanol–water partition coefficient (Wildman–Crippen LogP) is 4.68. The molecule has 0 saturated carbocycles. The van der Waals surface area contributed by atoms with Gasteiger partial charge in [0, 0.05) is 0 Å². The number of hydrogen-bond donors (Lipinski definition) is 0. The molecule has 1 heterocycles. The van der Waals surface area contributed by atoms with Gasteiger partial charge < -0.3 is 0 Å². The zero-order chi connectivity index (χ0) is 17.4. The third-order valence-electron chi connectivity index (χ3n) is 4.05. The topological polar surface area (TPSA) is 29.5 Å². The average Bonchev–Trinajstić information content (AvgIpc) is 2.58. The highest BCUT2D eigenvalue weighted by atomic mass is 19.4. The molecule has 1 amide bonds. The van der Waals surface area contributed by atoms with Gasteiger partial charge in [0.1, 0.15) is 0 Å². The van der Waals surface area contributed by atoms with E-state index < -0.39 is 23.2 Å². The molecular weight excluding hydrogens is 319 g/mol. The molecule has 0 aliphatic carbocycles. The Bertz CT molecular complexity index is 745. The lowest BCUT2D eigenvalue weighted by atomic mass is 9.85. The first-order chi connectivity index (χ1) is 11.4. The van der Waals surface area contributed by atoms with Crippen LogP contribution in [0.5, 0.6) is 0 Å². The molecule has 1 fully saturated rings. The molecular formula is C18H16F3NO2. The molecule has 1 aliphatic heterocycles. The van der Waals surface area contributed by atoms with Crippen molar-refractivity contribution in [2.75, 3.05) is 5.06 Å². The van der Waals surface area contributed by atoms with Crippen LogP contribution in [0, 0.1) is 0 Å². The fourth-order valence-corrected chi connectivity index (χ4v) is 2.94. The summed E-state index contributed by atoms with van der Waals surface area (Å²) < 4.78 is 39.5. The second kappa shape index (κ2) is 5.94. The highest BCUT2D eigenvalue weighted by Gasteiger charge is 2.57. The van der Waals surface area contributed by atoms with Crippen molar-refractivity contribution in [1.29, 1.82) is 0 Å². The standard InChI is InChI=1S/C18H16F3NO2/c1-2-12-17(13-8-4-3-5-9-13)16(23)22(24-17)15-11-7-6-10-14(15)18(19,20)21/h3-11H,2,12H2,1H3/t17-/m1/s1. The summed E-state index contributed by atoms with van der Waals surface area (Å²) in [4.78, 5) is 18.5. The maximum absolute atomic E-state index is 13.2. The molecule has 0 spiro atoms. The summed E-state index contributed by atoms with van der Waals surface area (Å²) in [6, 6.07) is 13.8. The number of carbonyl (C=O) groups excluding carboxylic acids is 1. The van der Waals surface area contributed by atoms with Crippen molar-refractivity contribution in [2.45, 2.75) is 31.5 Å². The van der Waals surface area contributed by atoms with Crippen molar-refractivity contribution in [2.24, 2.45) is 0 Å². The van der Waals surface area contributed by atoms with Gasteiger partial charge in [-0.25, -0.2) is 4.84 Å². The molecule has 24 heavy (non-hydrogen) atoms. The van der Waals surface area contributed by atoms with Crippen LogP contribution in [0.1, 0.15) is 30.9 Å². The number of benzene rings is 2. The van der Waals surface area contributed by atoms with E-state index in [0.717, 1.165) is 11.1 Å². The second-order valence-electron chi connectivity index (χ2n) is 5.65. The summed E-state index contributed by atoms with van der Waals surface area (Å²) in [5.74, 6) is -0.479. The molecule has 0 aromatic heterocycles. The van der Waals surface area contributed by atoms with Crippen molar-refractivity contribution in [3.05, 3.63) is 65.7 Å². The van der Waals surface area contributed by atoms with E-state index in [1.165, 1.54) is 18.2 Å². The van der Waals surface area contributed by atoms with Gasteiger partial charge in [0.2, 0.25) is 5.60 Å². The van der Waals surface area contributed by atoms with Crippen molar-refractivity contribution in [3.63, 3.8) is 0 Å². The Kier molecular flexibility index (Phi) is 4.09. The lowest BCUT2D eigenvalue weighted by Crippen LogP contribution is -2.63. The molecule has 6 heteroatoms. The van der Waals surface area contributed by atoms with Crippen LogP contribution < -0.4 is 5.06 Å². The highest BCUT2D eigenvalue weighted by molar-refractivity contribution is 6.03.